The number of hydrogen-bond donors (Lipinski definition) is 2. The molecule has 202 valence electrons. The predicted octanol–water partition coefficient (Wildman–Crippen LogP) is 2.92. The zero-order chi connectivity index (χ0) is 27.4. The summed E-state index contributed by atoms with van der Waals surface area (Å²) in [4.78, 5) is 40.0. The normalized spacial score (nSPS) is 12.7. The van der Waals surface area contributed by atoms with E-state index >= 15 is 0 Å². The molecule has 6 rings (SSSR count). The highest BCUT2D eigenvalue weighted by Crippen LogP contribution is 2.21. The zero-order valence-electron chi connectivity index (χ0n) is 22.1. The molecule has 4 heterocycles. The van der Waals surface area contributed by atoms with Crippen LogP contribution in [-0.2, 0) is 26.9 Å². The van der Waals surface area contributed by atoms with Gasteiger partial charge in [0, 0.05) is 46.6 Å². The topological polar surface area (TPSA) is 124 Å². The summed E-state index contributed by atoms with van der Waals surface area (Å²) in [5.74, 6) is 0.429. The van der Waals surface area contributed by atoms with E-state index in [0.717, 1.165) is 53.3 Å². The number of fused-ring (bicyclic) bond motifs is 2. The molecule has 0 spiro atoms. The number of benzene rings is 2. The number of aromatic nitrogens is 5. The fraction of sp³-hybridized carbons (Fsp3) is 0.321. The largest absolute Gasteiger partial charge is 0.350 e. The van der Waals surface area contributed by atoms with Crippen molar-refractivity contribution in [3.8, 4) is 0 Å². The number of nitrogens with zero attached hydrogens (tertiary/aromatic N) is 6. The SMILES string of the molecule is Cn1cnc(C(=O)N2CCC2)c1C(=O)NCCc1nc2ccccc2n1C.NCCc1nc2ccccc2s1. The maximum absolute atomic E-state index is 12.7. The summed E-state index contributed by atoms with van der Waals surface area (Å²) in [6.45, 7) is 2.56. The lowest BCUT2D eigenvalue weighted by Gasteiger charge is -2.30. The van der Waals surface area contributed by atoms with Gasteiger partial charge in [0.25, 0.3) is 11.8 Å². The molecule has 0 aliphatic carbocycles. The number of amides is 2. The van der Waals surface area contributed by atoms with Crippen LogP contribution >= 0.6 is 11.3 Å². The van der Waals surface area contributed by atoms with Crippen molar-refractivity contribution < 1.29 is 9.59 Å². The van der Waals surface area contributed by atoms with Crippen molar-refractivity contribution in [1.82, 2.24) is 34.3 Å². The van der Waals surface area contributed by atoms with Crippen LogP contribution in [0.25, 0.3) is 21.3 Å². The molecule has 0 radical (unpaired) electrons. The Morgan fingerprint density at radius 2 is 1.74 bits per heavy atom. The molecular formula is C28H32N8O2S. The summed E-state index contributed by atoms with van der Waals surface area (Å²) in [5, 5.41) is 4.03. The lowest BCUT2D eigenvalue weighted by atomic mass is 10.2. The van der Waals surface area contributed by atoms with Gasteiger partial charge in [0.15, 0.2) is 5.69 Å². The first kappa shape index (κ1) is 26.5. The Bertz CT molecular complexity index is 1580. The van der Waals surface area contributed by atoms with Crippen molar-refractivity contribution in [2.24, 2.45) is 19.8 Å². The predicted molar refractivity (Wildman–Crippen MR) is 153 cm³/mol. The highest BCUT2D eigenvalue weighted by Gasteiger charge is 2.29. The van der Waals surface area contributed by atoms with Crippen molar-refractivity contribution in [3.63, 3.8) is 0 Å². The smallest absolute Gasteiger partial charge is 0.274 e. The summed E-state index contributed by atoms with van der Waals surface area (Å²) in [5.41, 5.74) is 9.06. The maximum Gasteiger partial charge on any atom is 0.274 e. The minimum absolute atomic E-state index is 0.178. The molecule has 2 amide bonds. The average Bonchev–Trinajstić information content (AvgIpc) is 3.58. The van der Waals surface area contributed by atoms with Gasteiger partial charge in [-0.2, -0.15) is 0 Å². The van der Waals surface area contributed by atoms with E-state index < -0.39 is 0 Å². The fourth-order valence-electron chi connectivity index (χ4n) is 4.46. The highest BCUT2D eigenvalue weighted by atomic mass is 32.1. The number of carbonyl (C=O) groups is 2. The second-order valence-corrected chi connectivity index (χ2v) is 10.5. The van der Waals surface area contributed by atoms with Gasteiger partial charge in [-0.1, -0.05) is 24.3 Å². The molecule has 3 N–H and O–H groups in total. The van der Waals surface area contributed by atoms with Crippen LogP contribution in [0.3, 0.4) is 0 Å². The number of nitrogens with one attached hydrogen (secondary N) is 1. The number of carbonyl (C=O) groups excluding carboxylic acids is 2. The van der Waals surface area contributed by atoms with Crippen LogP contribution in [0, 0.1) is 0 Å². The van der Waals surface area contributed by atoms with E-state index in [9.17, 15) is 9.59 Å². The molecular weight excluding hydrogens is 512 g/mol. The lowest BCUT2D eigenvalue weighted by Crippen LogP contribution is -2.43. The van der Waals surface area contributed by atoms with Gasteiger partial charge in [0.05, 0.1) is 32.6 Å². The number of aryl methyl sites for hydroxylation is 2. The third kappa shape index (κ3) is 5.69. The number of nitrogens with two attached hydrogens (primary N) is 1. The Balaban J connectivity index is 0.000000214. The average molecular weight is 545 g/mol. The minimum atomic E-state index is -0.294. The van der Waals surface area contributed by atoms with Crippen LogP contribution < -0.4 is 11.1 Å². The van der Waals surface area contributed by atoms with Gasteiger partial charge >= 0.3 is 0 Å². The quantitative estimate of drug-likeness (QED) is 0.325. The van der Waals surface area contributed by atoms with E-state index in [1.165, 1.54) is 11.0 Å². The summed E-state index contributed by atoms with van der Waals surface area (Å²) < 4.78 is 4.88. The van der Waals surface area contributed by atoms with E-state index in [-0.39, 0.29) is 17.5 Å². The number of para-hydroxylation sites is 3. The van der Waals surface area contributed by atoms with Crippen LogP contribution in [0.15, 0.2) is 54.9 Å². The van der Waals surface area contributed by atoms with Gasteiger partial charge in [-0.25, -0.2) is 15.0 Å². The highest BCUT2D eigenvalue weighted by molar-refractivity contribution is 7.18. The Morgan fingerprint density at radius 3 is 2.44 bits per heavy atom. The Morgan fingerprint density at radius 1 is 1.00 bits per heavy atom. The van der Waals surface area contributed by atoms with Gasteiger partial charge in [0.2, 0.25) is 0 Å². The van der Waals surface area contributed by atoms with Gasteiger partial charge in [-0.3, -0.25) is 9.59 Å². The van der Waals surface area contributed by atoms with Crippen molar-refractivity contribution in [2.45, 2.75) is 19.3 Å². The Labute approximate surface area is 230 Å². The van der Waals surface area contributed by atoms with Crippen LogP contribution in [-0.4, -0.2) is 67.0 Å². The van der Waals surface area contributed by atoms with Crippen molar-refractivity contribution in [3.05, 3.63) is 77.1 Å². The van der Waals surface area contributed by atoms with Crippen LogP contribution in [0.1, 0.15) is 38.2 Å². The van der Waals surface area contributed by atoms with Crippen molar-refractivity contribution >= 4 is 44.4 Å². The first-order valence-corrected chi connectivity index (χ1v) is 13.8. The number of rotatable bonds is 7. The van der Waals surface area contributed by atoms with Crippen LogP contribution in [0.2, 0.25) is 0 Å². The van der Waals surface area contributed by atoms with Gasteiger partial charge in [-0.15, -0.1) is 11.3 Å². The molecule has 1 aliphatic rings. The van der Waals surface area contributed by atoms with Crippen LogP contribution in [0.5, 0.6) is 0 Å². The van der Waals surface area contributed by atoms with E-state index in [4.69, 9.17) is 5.73 Å². The Hall–Kier alpha value is -4.09. The molecule has 3 aromatic heterocycles. The summed E-state index contributed by atoms with van der Waals surface area (Å²) in [6.07, 6.45) is 4.00. The van der Waals surface area contributed by atoms with Crippen LogP contribution in [0.4, 0.5) is 0 Å². The van der Waals surface area contributed by atoms with Gasteiger partial charge < -0.3 is 25.1 Å². The Kier molecular flexibility index (Phi) is 7.99. The number of hydrogen-bond acceptors (Lipinski definition) is 7. The van der Waals surface area contributed by atoms with E-state index in [1.54, 1.807) is 27.9 Å². The molecule has 0 saturated carbocycles. The number of thiazole rings is 1. The van der Waals surface area contributed by atoms with Crippen molar-refractivity contribution in [1.29, 1.82) is 0 Å². The van der Waals surface area contributed by atoms with E-state index in [0.29, 0.717) is 25.2 Å². The molecule has 2 aromatic carbocycles. The molecule has 0 bridgehead atoms. The van der Waals surface area contributed by atoms with E-state index in [1.807, 2.05) is 54.1 Å². The zero-order valence-corrected chi connectivity index (χ0v) is 22.9. The molecule has 5 aromatic rings. The molecule has 11 heteroatoms. The second-order valence-electron chi connectivity index (χ2n) is 9.39. The molecule has 0 atom stereocenters. The molecule has 39 heavy (non-hydrogen) atoms. The molecule has 0 unspecified atom stereocenters. The number of imidazole rings is 2. The molecule has 1 fully saturated rings. The third-order valence-corrected chi connectivity index (χ3v) is 7.80. The lowest BCUT2D eigenvalue weighted by molar-refractivity contribution is 0.0641. The molecule has 1 saturated heterocycles. The minimum Gasteiger partial charge on any atom is -0.350 e. The van der Waals surface area contributed by atoms with Crippen molar-refractivity contribution in [2.75, 3.05) is 26.2 Å². The first-order valence-electron chi connectivity index (χ1n) is 13.0. The fourth-order valence-corrected chi connectivity index (χ4v) is 5.45. The third-order valence-electron chi connectivity index (χ3n) is 6.71. The molecule has 1 aliphatic heterocycles. The van der Waals surface area contributed by atoms with Gasteiger partial charge in [-0.05, 0) is 37.2 Å². The monoisotopic (exact) mass is 544 g/mol. The standard InChI is InChI=1S/C19H22N6O2.C9H10N2S/c1-23-12-21-16(19(27)25-10-5-11-25)17(23)18(26)20-9-8-15-22-13-6-3-4-7-14(13)24(15)2;10-6-5-9-11-7-3-1-2-4-8(7)12-9/h3-4,6-7,12H,5,8-11H2,1-2H3,(H,20,26);1-4H,5-6,10H2. The maximum atomic E-state index is 12.7. The van der Waals surface area contributed by atoms with E-state index in [2.05, 4.69) is 26.3 Å². The first-order chi connectivity index (χ1) is 19.0. The number of likely N-dealkylation sites (tertiary alicyclic amines) is 1. The van der Waals surface area contributed by atoms with Gasteiger partial charge in [0.1, 0.15) is 11.5 Å². The summed E-state index contributed by atoms with van der Waals surface area (Å²) >= 11 is 1.73. The molecule has 10 nitrogen and oxygen atoms in total. The second kappa shape index (κ2) is 11.7. The summed E-state index contributed by atoms with van der Waals surface area (Å²) in [7, 11) is 3.69. The summed E-state index contributed by atoms with van der Waals surface area (Å²) in [6, 6.07) is 16.1.